The first-order chi connectivity index (χ1) is 5.33. The molecule has 0 aliphatic carbocycles. The fourth-order valence-corrected chi connectivity index (χ4v) is 1.51. The van der Waals surface area contributed by atoms with E-state index in [1.807, 2.05) is 0 Å². The van der Waals surface area contributed by atoms with Crippen molar-refractivity contribution in [3.63, 3.8) is 0 Å². The third-order valence-corrected chi connectivity index (χ3v) is 2.15. The third-order valence-electron chi connectivity index (χ3n) is 2.15. The van der Waals surface area contributed by atoms with Gasteiger partial charge in [0.1, 0.15) is 0 Å². The summed E-state index contributed by atoms with van der Waals surface area (Å²) in [6.07, 6.45) is 2.42. The molecule has 0 spiro atoms. The Balaban J connectivity index is 2.12. The van der Waals surface area contributed by atoms with Crippen LogP contribution in [0.2, 0.25) is 0 Å². The average Bonchev–Trinajstić information content (AvgIpc) is 2.01. The number of ether oxygens (including phenoxy) is 1. The first-order valence-corrected chi connectivity index (χ1v) is 4.30. The minimum atomic E-state index is 0.389. The highest BCUT2D eigenvalue weighted by Gasteiger charge is 2.15. The van der Waals surface area contributed by atoms with Crippen molar-refractivity contribution in [2.24, 2.45) is 5.73 Å². The molecule has 1 saturated heterocycles. The zero-order chi connectivity index (χ0) is 8.10. The van der Waals surface area contributed by atoms with Crippen molar-refractivity contribution < 1.29 is 4.74 Å². The van der Waals surface area contributed by atoms with Crippen molar-refractivity contribution in [1.82, 2.24) is 4.90 Å². The second-order valence-corrected chi connectivity index (χ2v) is 3.20. The van der Waals surface area contributed by atoms with Crippen molar-refractivity contribution in [2.45, 2.75) is 18.9 Å². The number of methoxy groups -OCH3 is 1. The van der Waals surface area contributed by atoms with E-state index in [2.05, 4.69) is 4.90 Å². The van der Waals surface area contributed by atoms with Crippen LogP contribution in [0, 0.1) is 0 Å². The van der Waals surface area contributed by atoms with Gasteiger partial charge in [-0.3, -0.25) is 4.90 Å². The number of nitrogens with two attached hydrogens (primary N) is 1. The summed E-state index contributed by atoms with van der Waals surface area (Å²) in [5.74, 6) is 0. The molecule has 1 fully saturated rings. The second-order valence-electron chi connectivity index (χ2n) is 3.20. The molecule has 3 nitrogen and oxygen atoms in total. The SMILES string of the molecule is COCCN1CCC[C@@H](N)C1. The van der Waals surface area contributed by atoms with Crippen molar-refractivity contribution in [3.05, 3.63) is 0 Å². The van der Waals surface area contributed by atoms with E-state index in [-0.39, 0.29) is 0 Å². The molecule has 3 heteroatoms. The number of hydrogen-bond donors (Lipinski definition) is 1. The van der Waals surface area contributed by atoms with Crippen LogP contribution in [0.25, 0.3) is 0 Å². The number of rotatable bonds is 3. The Morgan fingerprint density at radius 1 is 1.64 bits per heavy atom. The maximum atomic E-state index is 5.81. The lowest BCUT2D eigenvalue weighted by Gasteiger charge is -2.30. The molecule has 0 saturated carbocycles. The summed E-state index contributed by atoms with van der Waals surface area (Å²) in [6, 6.07) is 0.389. The molecular formula is C8H18N2O. The van der Waals surface area contributed by atoms with Gasteiger partial charge in [0.25, 0.3) is 0 Å². The highest BCUT2D eigenvalue weighted by atomic mass is 16.5. The van der Waals surface area contributed by atoms with Crippen LogP contribution < -0.4 is 5.73 Å². The predicted molar refractivity (Wildman–Crippen MR) is 45.5 cm³/mol. The van der Waals surface area contributed by atoms with Crippen LogP contribution in [0.1, 0.15) is 12.8 Å². The minimum Gasteiger partial charge on any atom is -0.383 e. The zero-order valence-corrected chi connectivity index (χ0v) is 7.25. The number of likely N-dealkylation sites (tertiary alicyclic amines) is 1. The molecule has 0 unspecified atom stereocenters. The molecule has 11 heavy (non-hydrogen) atoms. The molecule has 1 aliphatic rings. The van der Waals surface area contributed by atoms with E-state index in [0.717, 1.165) is 19.7 Å². The maximum Gasteiger partial charge on any atom is 0.0589 e. The first kappa shape index (κ1) is 8.97. The van der Waals surface area contributed by atoms with Gasteiger partial charge in [-0.25, -0.2) is 0 Å². The van der Waals surface area contributed by atoms with Gasteiger partial charge in [0.2, 0.25) is 0 Å². The minimum absolute atomic E-state index is 0.389. The Hall–Kier alpha value is -0.120. The standard InChI is InChI=1S/C8H18N2O/c1-11-6-5-10-4-2-3-8(9)7-10/h8H,2-7,9H2,1H3/t8-/m1/s1. The van der Waals surface area contributed by atoms with E-state index in [4.69, 9.17) is 10.5 Å². The van der Waals surface area contributed by atoms with Crippen LogP contribution >= 0.6 is 0 Å². The summed E-state index contributed by atoms with van der Waals surface area (Å²) in [5.41, 5.74) is 5.81. The molecule has 0 aromatic rings. The van der Waals surface area contributed by atoms with Crippen LogP contribution in [-0.4, -0.2) is 44.3 Å². The molecule has 1 atom stereocenters. The van der Waals surface area contributed by atoms with Crippen LogP contribution in [0.5, 0.6) is 0 Å². The van der Waals surface area contributed by atoms with Crippen LogP contribution in [0.3, 0.4) is 0 Å². The van der Waals surface area contributed by atoms with Crippen LogP contribution in [0.15, 0.2) is 0 Å². The lowest BCUT2D eigenvalue weighted by molar-refractivity contribution is 0.129. The van der Waals surface area contributed by atoms with Gasteiger partial charge in [-0.15, -0.1) is 0 Å². The number of piperidine rings is 1. The fraction of sp³-hybridized carbons (Fsp3) is 1.00. The van der Waals surface area contributed by atoms with Gasteiger partial charge >= 0.3 is 0 Å². The molecule has 66 valence electrons. The molecule has 0 aromatic heterocycles. The predicted octanol–water partition coefficient (Wildman–Crippen LogP) is 0.0559. The molecule has 2 N–H and O–H groups in total. The normalized spacial score (nSPS) is 27.3. The molecule has 0 bridgehead atoms. The van der Waals surface area contributed by atoms with E-state index in [0.29, 0.717) is 6.04 Å². The highest BCUT2D eigenvalue weighted by Crippen LogP contribution is 2.06. The second kappa shape index (κ2) is 4.70. The monoisotopic (exact) mass is 158 g/mol. The summed E-state index contributed by atoms with van der Waals surface area (Å²) < 4.78 is 5.00. The zero-order valence-electron chi connectivity index (χ0n) is 7.25. The topological polar surface area (TPSA) is 38.5 Å². The summed E-state index contributed by atoms with van der Waals surface area (Å²) in [7, 11) is 1.74. The average molecular weight is 158 g/mol. The Morgan fingerprint density at radius 3 is 3.09 bits per heavy atom. The van der Waals surface area contributed by atoms with E-state index in [9.17, 15) is 0 Å². The van der Waals surface area contributed by atoms with Gasteiger partial charge in [0.15, 0.2) is 0 Å². The van der Waals surface area contributed by atoms with Gasteiger partial charge in [-0.05, 0) is 19.4 Å². The van der Waals surface area contributed by atoms with Crippen molar-refractivity contribution >= 4 is 0 Å². The van der Waals surface area contributed by atoms with Gasteiger partial charge in [0.05, 0.1) is 6.61 Å². The largest absolute Gasteiger partial charge is 0.383 e. The molecule has 0 aromatic carbocycles. The Bertz CT molecular complexity index is 108. The highest BCUT2D eigenvalue weighted by molar-refractivity contribution is 4.74. The van der Waals surface area contributed by atoms with Crippen LogP contribution in [-0.2, 0) is 4.74 Å². The fourth-order valence-electron chi connectivity index (χ4n) is 1.51. The van der Waals surface area contributed by atoms with E-state index in [1.165, 1.54) is 19.4 Å². The summed E-state index contributed by atoms with van der Waals surface area (Å²) in [5, 5.41) is 0. The van der Waals surface area contributed by atoms with E-state index >= 15 is 0 Å². The molecule has 0 amide bonds. The van der Waals surface area contributed by atoms with E-state index < -0.39 is 0 Å². The summed E-state index contributed by atoms with van der Waals surface area (Å²) in [4.78, 5) is 2.37. The van der Waals surface area contributed by atoms with Crippen molar-refractivity contribution in [3.8, 4) is 0 Å². The number of nitrogens with zero attached hydrogens (tertiary/aromatic N) is 1. The lowest BCUT2D eigenvalue weighted by atomic mass is 10.1. The molecule has 1 aliphatic heterocycles. The van der Waals surface area contributed by atoms with Crippen LogP contribution in [0.4, 0.5) is 0 Å². The Labute approximate surface area is 68.5 Å². The van der Waals surface area contributed by atoms with Gasteiger partial charge in [0, 0.05) is 26.2 Å². The lowest BCUT2D eigenvalue weighted by Crippen LogP contribution is -2.43. The molecule has 1 heterocycles. The van der Waals surface area contributed by atoms with Gasteiger partial charge in [-0.2, -0.15) is 0 Å². The summed E-state index contributed by atoms with van der Waals surface area (Å²) in [6.45, 7) is 4.09. The Kier molecular flexibility index (Phi) is 3.83. The third kappa shape index (κ3) is 3.18. The summed E-state index contributed by atoms with van der Waals surface area (Å²) >= 11 is 0. The smallest absolute Gasteiger partial charge is 0.0589 e. The molecular weight excluding hydrogens is 140 g/mol. The quantitative estimate of drug-likeness (QED) is 0.631. The molecule has 0 radical (unpaired) electrons. The van der Waals surface area contributed by atoms with Gasteiger partial charge in [-0.1, -0.05) is 0 Å². The first-order valence-electron chi connectivity index (χ1n) is 4.30. The van der Waals surface area contributed by atoms with E-state index in [1.54, 1.807) is 7.11 Å². The van der Waals surface area contributed by atoms with Gasteiger partial charge < -0.3 is 10.5 Å². The Morgan fingerprint density at radius 2 is 2.45 bits per heavy atom. The van der Waals surface area contributed by atoms with Crippen molar-refractivity contribution in [1.29, 1.82) is 0 Å². The number of hydrogen-bond acceptors (Lipinski definition) is 3. The van der Waals surface area contributed by atoms with Crippen molar-refractivity contribution in [2.75, 3.05) is 33.4 Å². The molecule has 1 rings (SSSR count). The maximum absolute atomic E-state index is 5.81.